The van der Waals surface area contributed by atoms with E-state index in [0.29, 0.717) is 13.0 Å². The van der Waals surface area contributed by atoms with E-state index in [1.165, 1.54) is 12.1 Å². The van der Waals surface area contributed by atoms with E-state index in [1.54, 1.807) is 11.9 Å². The number of carboxylic acid groups (broad SMARTS) is 1. The van der Waals surface area contributed by atoms with E-state index < -0.39 is 38.5 Å². The summed E-state index contributed by atoms with van der Waals surface area (Å²) in [5, 5.41) is 23.9. The van der Waals surface area contributed by atoms with Crippen molar-refractivity contribution in [1.29, 1.82) is 0 Å². The van der Waals surface area contributed by atoms with Crippen molar-refractivity contribution >= 4 is 44.8 Å². The van der Waals surface area contributed by atoms with Gasteiger partial charge in [-0.25, -0.2) is 13.2 Å². The zero-order valence-electron chi connectivity index (χ0n) is 21.6. The molecule has 0 aliphatic carbocycles. The van der Waals surface area contributed by atoms with Crippen molar-refractivity contribution in [2.45, 2.75) is 23.9 Å². The van der Waals surface area contributed by atoms with Gasteiger partial charge in [-0.3, -0.25) is 19.9 Å². The topological polar surface area (TPSA) is 171 Å². The number of amides is 1. The van der Waals surface area contributed by atoms with Crippen LogP contribution in [-0.4, -0.2) is 86.3 Å². The number of amidine groups is 1. The number of carboxylic acids is 1. The SMILES string of the molecule is CN(CCc1ccc(C2=NCCN2)cc1)C(=O)CCNCS(=O)(=O)c1ccc(Cl)c([N+](=O)[O-])c1.O=C(O)C(F)(F)F. The van der Waals surface area contributed by atoms with Gasteiger partial charge in [0.15, 0.2) is 9.84 Å². The fraction of sp³-hybridized carbons (Fsp3) is 0.375. The van der Waals surface area contributed by atoms with Crippen LogP contribution in [0.5, 0.6) is 0 Å². The Morgan fingerprint density at radius 2 is 1.85 bits per heavy atom. The summed E-state index contributed by atoms with van der Waals surface area (Å²) in [6.07, 6.45) is -4.27. The maximum absolute atomic E-state index is 12.4. The van der Waals surface area contributed by atoms with Gasteiger partial charge in [0.05, 0.1) is 16.4 Å². The molecule has 0 saturated heterocycles. The maximum Gasteiger partial charge on any atom is 0.490 e. The Bertz CT molecular complexity index is 1390. The highest BCUT2D eigenvalue weighted by atomic mass is 35.5. The summed E-state index contributed by atoms with van der Waals surface area (Å²) in [6, 6.07) is 11.4. The Balaban J connectivity index is 0.000000745. The number of rotatable bonds is 11. The molecular weight excluding hydrogens is 595 g/mol. The molecule has 0 fully saturated rings. The van der Waals surface area contributed by atoms with Crippen molar-refractivity contribution in [3.05, 3.63) is 68.7 Å². The average Bonchev–Trinajstić information content (AvgIpc) is 3.45. The molecule has 2 aromatic carbocycles. The molecule has 0 atom stereocenters. The third-order valence-corrected chi connectivity index (χ3v) is 7.46. The zero-order valence-corrected chi connectivity index (χ0v) is 23.2. The summed E-state index contributed by atoms with van der Waals surface area (Å²) in [5.41, 5.74) is 1.67. The van der Waals surface area contributed by atoms with Crippen LogP contribution in [-0.2, 0) is 25.8 Å². The molecule has 0 unspecified atom stereocenters. The van der Waals surface area contributed by atoms with E-state index in [1.807, 2.05) is 24.3 Å². The van der Waals surface area contributed by atoms with Gasteiger partial charge in [-0.2, -0.15) is 13.2 Å². The van der Waals surface area contributed by atoms with Crippen LogP contribution in [0.4, 0.5) is 18.9 Å². The number of nitrogens with one attached hydrogen (secondary N) is 2. The number of nitro benzene ring substituents is 1. The second-order valence-electron chi connectivity index (χ2n) is 8.60. The molecule has 3 rings (SSSR count). The van der Waals surface area contributed by atoms with Crippen molar-refractivity contribution in [1.82, 2.24) is 15.5 Å². The number of likely N-dealkylation sites (N-methyl/N-ethyl adjacent to an activating group) is 1. The van der Waals surface area contributed by atoms with Crippen LogP contribution >= 0.6 is 11.6 Å². The molecule has 3 N–H and O–H groups in total. The first kappa shape index (κ1) is 33.4. The van der Waals surface area contributed by atoms with E-state index in [4.69, 9.17) is 21.5 Å². The van der Waals surface area contributed by atoms with E-state index in [2.05, 4.69) is 15.6 Å². The first-order valence-corrected chi connectivity index (χ1v) is 13.9. The second-order valence-corrected chi connectivity index (χ2v) is 11.0. The van der Waals surface area contributed by atoms with Crippen LogP contribution in [0.3, 0.4) is 0 Å². The molecule has 0 bridgehead atoms. The first-order valence-electron chi connectivity index (χ1n) is 11.9. The summed E-state index contributed by atoms with van der Waals surface area (Å²) in [7, 11) is -2.11. The second kappa shape index (κ2) is 14.7. The first-order chi connectivity index (χ1) is 19.1. The van der Waals surface area contributed by atoms with Crippen molar-refractivity contribution in [2.24, 2.45) is 4.99 Å². The number of benzene rings is 2. The number of nitrogens with zero attached hydrogens (tertiary/aromatic N) is 3. The zero-order chi connectivity index (χ0) is 30.8. The van der Waals surface area contributed by atoms with Gasteiger partial charge in [0.2, 0.25) is 5.91 Å². The molecule has 1 aliphatic heterocycles. The fourth-order valence-electron chi connectivity index (χ4n) is 3.34. The van der Waals surface area contributed by atoms with Gasteiger partial charge >= 0.3 is 12.1 Å². The van der Waals surface area contributed by atoms with Crippen LogP contribution in [0, 0.1) is 10.1 Å². The Labute approximate surface area is 238 Å². The summed E-state index contributed by atoms with van der Waals surface area (Å²) in [4.78, 5) is 37.3. The lowest BCUT2D eigenvalue weighted by molar-refractivity contribution is -0.384. The molecule has 2 aromatic rings. The largest absolute Gasteiger partial charge is 0.490 e. The van der Waals surface area contributed by atoms with Gasteiger partial charge in [-0.15, -0.1) is 0 Å². The van der Waals surface area contributed by atoms with Crippen molar-refractivity contribution in [3.63, 3.8) is 0 Å². The predicted molar refractivity (Wildman–Crippen MR) is 144 cm³/mol. The quantitative estimate of drug-likeness (QED) is 0.194. The smallest absolute Gasteiger partial charge is 0.475 e. The molecule has 1 heterocycles. The minimum absolute atomic E-state index is 0.117. The number of halogens is 4. The van der Waals surface area contributed by atoms with Crippen LogP contribution in [0.1, 0.15) is 17.5 Å². The molecule has 0 aromatic heterocycles. The van der Waals surface area contributed by atoms with E-state index in [0.717, 1.165) is 36.1 Å². The Kier molecular flexibility index (Phi) is 12.0. The highest BCUT2D eigenvalue weighted by Crippen LogP contribution is 2.27. The minimum Gasteiger partial charge on any atom is -0.475 e. The number of aliphatic imine (C=N–C) groups is 1. The number of alkyl halides is 3. The van der Waals surface area contributed by atoms with E-state index in [9.17, 15) is 36.5 Å². The van der Waals surface area contributed by atoms with E-state index >= 15 is 0 Å². The molecule has 0 spiro atoms. The lowest BCUT2D eigenvalue weighted by atomic mass is 10.1. The van der Waals surface area contributed by atoms with Gasteiger partial charge in [-0.1, -0.05) is 35.9 Å². The normalized spacial score (nSPS) is 13.0. The number of carbonyl (C=O) groups excluding carboxylic acids is 1. The van der Waals surface area contributed by atoms with E-state index in [-0.39, 0.29) is 28.8 Å². The predicted octanol–water partition coefficient (Wildman–Crippen LogP) is 2.64. The Hall–Kier alpha value is -3.76. The van der Waals surface area contributed by atoms with Crippen LogP contribution < -0.4 is 10.6 Å². The Morgan fingerprint density at radius 3 is 2.39 bits per heavy atom. The average molecular weight is 622 g/mol. The Morgan fingerprint density at radius 1 is 1.22 bits per heavy atom. The number of nitro groups is 1. The molecule has 0 radical (unpaired) electrons. The maximum atomic E-state index is 12.4. The summed E-state index contributed by atoms with van der Waals surface area (Å²) in [5.74, 6) is -2.42. The van der Waals surface area contributed by atoms with Crippen molar-refractivity contribution in [2.75, 3.05) is 39.1 Å². The summed E-state index contributed by atoms with van der Waals surface area (Å²) >= 11 is 5.73. The summed E-state index contributed by atoms with van der Waals surface area (Å²) < 4.78 is 56.6. The number of hydrogen-bond donors (Lipinski definition) is 3. The lowest BCUT2D eigenvalue weighted by Gasteiger charge is -2.17. The standard InChI is InChI=1S/C22H26ClN5O5S.C2HF3O2/c1-27(13-9-16-2-4-17(5-3-16)22-25-11-12-26-22)21(29)8-10-24-15-34(32,33)18-6-7-19(23)20(14-18)28(30)31;3-2(4,5)1(6)7/h2-7,14,24H,8-13,15H2,1H3,(H,25,26);(H,6,7). The van der Waals surface area contributed by atoms with Crippen molar-refractivity contribution < 1.29 is 41.2 Å². The highest BCUT2D eigenvalue weighted by molar-refractivity contribution is 7.91. The molecule has 0 saturated carbocycles. The lowest BCUT2D eigenvalue weighted by Crippen LogP contribution is -2.32. The number of sulfone groups is 1. The van der Waals surface area contributed by atoms with Gasteiger partial charge < -0.3 is 20.6 Å². The molecule has 224 valence electrons. The molecule has 41 heavy (non-hydrogen) atoms. The monoisotopic (exact) mass is 621 g/mol. The molecule has 12 nitrogen and oxygen atoms in total. The molecule has 17 heteroatoms. The van der Waals surface area contributed by atoms with Crippen LogP contribution in [0.25, 0.3) is 0 Å². The highest BCUT2D eigenvalue weighted by Gasteiger charge is 2.38. The van der Waals surface area contributed by atoms with Crippen LogP contribution in [0.15, 0.2) is 52.4 Å². The third-order valence-electron chi connectivity index (χ3n) is 5.59. The van der Waals surface area contributed by atoms with Gasteiger partial charge in [0.25, 0.3) is 5.69 Å². The van der Waals surface area contributed by atoms with Gasteiger partial charge in [0, 0.05) is 44.7 Å². The number of hydrogen-bond acceptors (Lipinski definition) is 9. The van der Waals surface area contributed by atoms with Gasteiger partial charge in [0.1, 0.15) is 16.7 Å². The molecule has 1 amide bonds. The third kappa shape index (κ3) is 10.6. The number of carbonyl (C=O) groups is 2. The molecule has 1 aliphatic rings. The fourth-order valence-corrected chi connectivity index (χ4v) is 4.68. The molecular formula is C24H27ClF3N5O7S. The number of aliphatic carboxylic acids is 1. The van der Waals surface area contributed by atoms with Crippen molar-refractivity contribution in [3.8, 4) is 0 Å². The minimum atomic E-state index is -5.08. The summed E-state index contributed by atoms with van der Waals surface area (Å²) in [6.45, 7) is 2.33. The van der Waals surface area contributed by atoms with Gasteiger partial charge in [-0.05, 0) is 24.1 Å². The van der Waals surface area contributed by atoms with Crippen LogP contribution in [0.2, 0.25) is 5.02 Å².